The summed E-state index contributed by atoms with van der Waals surface area (Å²) in [4.78, 5) is 25.8. The second kappa shape index (κ2) is 7.28. The summed E-state index contributed by atoms with van der Waals surface area (Å²) in [5.41, 5.74) is 1.42. The van der Waals surface area contributed by atoms with Crippen LogP contribution in [0.3, 0.4) is 0 Å². The Morgan fingerprint density at radius 2 is 1.86 bits per heavy atom. The molecule has 151 valence electrons. The van der Waals surface area contributed by atoms with Gasteiger partial charge in [0.1, 0.15) is 5.82 Å². The minimum Gasteiger partial charge on any atom is -0.375 e. The Bertz CT molecular complexity index is 1120. The van der Waals surface area contributed by atoms with Crippen LogP contribution in [0.1, 0.15) is 24.1 Å². The summed E-state index contributed by atoms with van der Waals surface area (Å²) >= 11 is 0. The van der Waals surface area contributed by atoms with Gasteiger partial charge in [0.05, 0.1) is 11.1 Å². The van der Waals surface area contributed by atoms with Gasteiger partial charge in [-0.2, -0.15) is 5.10 Å². The number of nitrogens with one attached hydrogen (secondary N) is 1. The van der Waals surface area contributed by atoms with Crippen LogP contribution in [0, 0.1) is 5.82 Å². The molecule has 5 nitrogen and oxygen atoms in total. The molecular weight excluding hydrogens is 388 g/mol. The van der Waals surface area contributed by atoms with E-state index in [1.165, 1.54) is 18.9 Å². The molecule has 29 heavy (non-hydrogen) atoms. The van der Waals surface area contributed by atoms with E-state index in [4.69, 9.17) is 0 Å². The predicted molar refractivity (Wildman–Crippen MR) is 115 cm³/mol. The van der Waals surface area contributed by atoms with Crippen LogP contribution < -0.4 is 10.9 Å². The standard InChI is InChI=1S/C22H24FN3O2P/c23-19-8-5-15(13-20-17-3-1-2-4-18(17)22(27)25-24-20)14-21(19)29(28)11-9-26(10-12-29)16-6-7-16/h1-5,8,14,16,28H,6-7,9-13H2,(H,25,27). The first-order chi connectivity index (χ1) is 14.0. The van der Waals surface area contributed by atoms with Gasteiger partial charge in [0, 0.05) is 56.1 Å². The van der Waals surface area contributed by atoms with Gasteiger partial charge in [0.2, 0.25) is 0 Å². The summed E-state index contributed by atoms with van der Waals surface area (Å²) in [6, 6.07) is 13.1. The average Bonchev–Trinajstić information content (AvgIpc) is 3.57. The number of H-pyrrole nitrogens is 1. The summed E-state index contributed by atoms with van der Waals surface area (Å²) in [6.45, 7) is 1.70. The van der Waals surface area contributed by atoms with Crippen molar-refractivity contribution < 1.29 is 9.28 Å². The lowest BCUT2D eigenvalue weighted by atomic mass is 10.0. The van der Waals surface area contributed by atoms with E-state index in [2.05, 4.69) is 15.1 Å². The molecule has 2 fully saturated rings. The van der Waals surface area contributed by atoms with Crippen molar-refractivity contribution in [3.8, 4) is 0 Å². The van der Waals surface area contributed by atoms with Gasteiger partial charge >= 0.3 is 0 Å². The Morgan fingerprint density at radius 3 is 2.59 bits per heavy atom. The number of aromatic nitrogens is 2. The van der Waals surface area contributed by atoms with E-state index in [0.29, 0.717) is 35.5 Å². The highest BCUT2D eigenvalue weighted by Crippen LogP contribution is 2.56. The fourth-order valence-corrected chi connectivity index (χ4v) is 7.10. The molecule has 2 heterocycles. The molecule has 1 aliphatic carbocycles. The normalized spacial score (nSPS) is 19.5. The van der Waals surface area contributed by atoms with Crippen LogP contribution in [0.5, 0.6) is 0 Å². The summed E-state index contributed by atoms with van der Waals surface area (Å²) in [5.74, 6) is -0.316. The molecule has 0 unspecified atom stereocenters. The average molecular weight is 412 g/mol. The number of halogens is 1. The minimum absolute atomic E-state index is 0.216. The second-order valence-corrected chi connectivity index (χ2v) is 11.4. The Labute approximate surface area is 169 Å². The lowest BCUT2D eigenvalue weighted by Gasteiger charge is -2.40. The van der Waals surface area contributed by atoms with Gasteiger partial charge in [-0.15, -0.1) is 0 Å². The van der Waals surface area contributed by atoms with Crippen LogP contribution in [0.15, 0.2) is 47.3 Å². The molecule has 1 saturated heterocycles. The molecule has 1 aromatic heterocycles. The van der Waals surface area contributed by atoms with Crippen molar-refractivity contribution in [1.29, 1.82) is 0 Å². The number of nitrogens with zero attached hydrogens (tertiary/aromatic N) is 2. The van der Waals surface area contributed by atoms with E-state index in [1.807, 2.05) is 24.3 Å². The number of hydrogen-bond donors (Lipinski definition) is 2. The van der Waals surface area contributed by atoms with E-state index < -0.39 is 7.49 Å². The SMILES string of the molecule is O=c1[nH]nc(Cc2ccc(F)c([P]3(O)CCN(C4CC4)CC3)c2)c2ccccc12. The third-order valence-electron chi connectivity index (χ3n) is 6.18. The first-order valence-corrected chi connectivity index (χ1v) is 12.2. The fourth-order valence-electron chi connectivity index (χ4n) is 4.34. The van der Waals surface area contributed by atoms with Gasteiger partial charge < -0.3 is 4.89 Å². The van der Waals surface area contributed by atoms with Crippen LogP contribution >= 0.6 is 7.49 Å². The van der Waals surface area contributed by atoms with E-state index in [9.17, 15) is 14.1 Å². The lowest BCUT2D eigenvalue weighted by Crippen LogP contribution is -2.41. The molecule has 1 aliphatic heterocycles. The Hall–Kier alpha value is -2.14. The third-order valence-corrected chi connectivity index (χ3v) is 9.30. The van der Waals surface area contributed by atoms with E-state index in [0.717, 1.165) is 29.7 Å². The molecule has 5 rings (SSSR count). The van der Waals surface area contributed by atoms with Gasteiger partial charge in [0.15, 0.2) is 0 Å². The van der Waals surface area contributed by atoms with Gasteiger partial charge in [-0.05, 0) is 36.6 Å². The summed E-state index contributed by atoms with van der Waals surface area (Å²) in [7, 11) is -2.49. The van der Waals surface area contributed by atoms with Crippen LogP contribution in [-0.4, -0.2) is 51.4 Å². The zero-order valence-electron chi connectivity index (χ0n) is 16.1. The molecular formula is C22H24FN3O2P. The zero-order chi connectivity index (χ0) is 20.0. The van der Waals surface area contributed by atoms with Crippen molar-refractivity contribution in [3.63, 3.8) is 0 Å². The molecule has 1 saturated carbocycles. The number of rotatable bonds is 4. The van der Waals surface area contributed by atoms with Crippen molar-refractivity contribution in [2.75, 3.05) is 25.4 Å². The maximum absolute atomic E-state index is 14.7. The summed E-state index contributed by atoms with van der Waals surface area (Å²) in [5, 5.41) is 8.66. The fraction of sp³-hybridized carbons (Fsp3) is 0.364. The molecule has 2 aliphatic rings. The maximum Gasteiger partial charge on any atom is 0.272 e. The van der Waals surface area contributed by atoms with Crippen LogP contribution in [0.4, 0.5) is 4.39 Å². The summed E-state index contributed by atoms with van der Waals surface area (Å²) < 4.78 is 14.7. The monoisotopic (exact) mass is 412 g/mol. The molecule has 0 amide bonds. The van der Waals surface area contributed by atoms with E-state index in [-0.39, 0.29) is 11.4 Å². The molecule has 0 spiro atoms. The van der Waals surface area contributed by atoms with Crippen molar-refractivity contribution in [2.24, 2.45) is 0 Å². The predicted octanol–water partition coefficient (Wildman–Crippen LogP) is 2.68. The molecule has 0 bridgehead atoms. The molecule has 7 heteroatoms. The quantitative estimate of drug-likeness (QED) is 0.647. The third kappa shape index (κ3) is 3.61. The molecule has 1 radical (unpaired) electrons. The van der Waals surface area contributed by atoms with Gasteiger partial charge in [-0.3, -0.25) is 9.69 Å². The smallest absolute Gasteiger partial charge is 0.272 e. The number of aromatic amines is 1. The molecule has 2 aromatic carbocycles. The van der Waals surface area contributed by atoms with Gasteiger partial charge in [-0.25, -0.2) is 9.49 Å². The first kappa shape index (κ1) is 18.9. The number of benzene rings is 2. The Balaban J connectivity index is 1.44. The highest BCUT2D eigenvalue weighted by atomic mass is 31.2. The maximum atomic E-state index is 14.7. The molecule has 3 aromatic rings. The van der Waals surface area contributed by atoms with Gasteiger partial charge in [-0.1, -0.05) is 24.3 Å². The van der Waals surface area contributed by atoms with Crippen molar-refractivity contribution in [1.82, 2.24) is 15.1 Å². The van der Waals surface area contributed by atoms with Crippen molar-refractivity contribution in [2.45, 2.75) is 25.3 Å². The van der Waals surface area contributed by atoms with E-state index in [1.54, 1.807) is 12.1 Å². The van der Waals surface area contributed by atoms with Crippen LogP contribution in [0.2, 0.25) is 0 Å². The Morgan fingerprint density at radius 1 is 1.14 bits per heavy atom. The zero-order valence-corrected chi connectivity index (χ0v) is 17.0. The molecule has 0 atom stereocenters. The van der Waals surface area contributed by atoms with E-state index >= 15 is 0 Å². The van der Waals surface area contributed by atoms with Crippen molar-refractivity contribution >= 4 is 23.6 Å². The van der Waals surface area contributed by atoms with Crippen LogP contribution in [-0.2, 0) is 6.42 Å². The topological polar surface area (TPSA) is 69.2 Å². The molecule has 2 N–H and O–H groups in total. The van der Waals surface area contributed by atoms with Crippen molar-refractivity contribution in [3.05, 3.63) is 69.9 Å². The first-order valence-electron chi connectivity index (χ1n) is 10.1. The highest BCUT2D eigenvalue weighted by molar-refractivity contribution is 7.77. The minimum atomic E-state index is -2.49. The van der Waals surface area contributed by atoms with Crippen LogP contribution in [0.25, 0.3) is 10.8 Å². The number of hydrogen-bond acceptors (Lipinski definition) is 4. The lowest BCUT2D eigenvalue weighted by molar-refractivity contribution is 0.282. The number of fused-ring (bicyclic) bond motifs is 1. The largest absolute Gasteiger partial charge is 0.375 e. The second-order valence-electron chi connectivity index (χ2n) is 8.14. The highest BCUT2D eigenvalue weighted by Gasteiger charge is 2.39. The Kier molecular flexibility index (Phi) is 4.73. The summed E-state index contributed by atoms with van der Waals surface area (Å²) in [6.07, 6.45) is 4.29. The van der Waals surface area contributed by atoms with Gasteiger partial charge in [0.25, 0.3) is 5.56 Å².